The molecule has 0 aromatic heterocycles. The summed E-state index contributed by atoms with van der Waals surface area (Å²) in [7, 11) is 0. The van der Waals surface area contributed by atoms with Gasteiger partial charge in [-0.15, -0.1) is 0 Å². The molecule has 0 aliphatic heterocycles. The SMILES string of the molecule is O=C([O-])CN(CCN(CC(=O)[O-])CC(=O)[O-])CCN(CC(=O)[O-])CC(=O)[O-].[59Fe+3].[H+].[H+]. The zero-order chi connectivity index (χ0) is 21.0. The van der Waals surface area contributed by atoms with Crippen molar-refractivity contribution in [3.8, 4) is 0 Å². The van der Waals surface area contributed by atoms with E-state index in [4.69, 9.17) is 0 Å². The standard InChI is InChI=1S/C14H23N3O10.Fe/c18-10(19)5-15(1-3-16(6-11(20)21)7-12(22)23)2-4-17(8-13(24)25)9-14(26)27;/h1-9H2,(H,18,19)(H,20,21)(H,22,23)(H,24,25)(H,26,27);/q;+3/p-3/i;1+3. The number of carboxylic acids is 5. The van der Waals surface area contributed by atoms with Crippen LogP contribution in [0, 0.1) is 0 Å². The molecular formula is C14H20FeN3O10. The first-order chi connectivity index (χ1) is 12.5. The minimum atomic E-state index is -1.54. The average Bonchev–Trinajstić information content (AvgIpc) is 2.46. The van der Waals surface area contributed by atoms with Crippen molar-refractivity contribution in [2.45, 2.75) is 0 Å². The van der Waals surface area contributed by atoms with Crippen molar-refractivity contribution >= 4 is 29.8 Å². The van der Waals surface area contributed by atoms with E-state index in [-0.39, 0.29) is 46.1 Å². The zero-order valence-electron chi connectivity index (χ0n) is 16.6. The van der Waals surface area contributed by atoms with Gasteiger partial charge in [-0.25, -0.2) is 0 Å². The summed E-state index contributed by atoms with van der Waals surface area (Å²) in [6.45, 7) is -4.16. The predicted molar refractivity (Wildman–Crippen MR) is 76.6 cm³/mol. The number of hydrogen-bond acceptors (Lipinski definition) is 13. The summed E-state index contributed by atoms with van der Waals surface area (Å²) in [6.07, 6.45) is 0. The number of hydrogen-bond donors (Lipinski definition) is 0. The van der Waals surface area contributed by atoms with Crippen molar-refractivity contribution in [2.24, 2.45) is 0 Å². The van der Waals surface area contributed by atoms with Crippen LogP contribution in [0.1, 0.15) is 2.85 Å². The minimum absolute atomic E-state index is 0. The second-order valence-electron chi connectivity index (χ2n) is 5.56. The van der Waals surface area contributed by atoms with Gasteiger partial charge in [0.1, 0.15) is 0 Å². The van der Waals surface area contributed by atoms with Crippen LogP contribution in [0.5, 0.6) is 0 Å². The van der Waals surface area contributed by atoms with Gasteiger partial charge in [-0.05, 0) is 0 Å². The fourth-order valence-corrected chi connectivity index (χ4v) is 2.18. The van der Waals surface area contributed by atoms with Crippen LogP contribution in [-0.2, 0) is 41.0 Å². The summed E-state index contributed by atoms with van der Waals surface area (Å²) in [5.74, 6) is -7.67. The van der Waals surface area contributed by atoms with Crippen LogP contribution in [0.2, 0.25) is 0 Å². The molecule has 0 aromatic carbocycles. The second kappa shape index (κ2) is 14.8. The number of aliphatic carboxylic acids is 5. The molecule has 0 rings (SSSR count). The smallest absolute Gasteiger partial charge is 0.549 e. The van der Waals surface area contributed by atoms with Gasteiger partial charge in [0.15, 0.2) is 0 Å². The summed E-state index contributed by atoms with van der Waals surface area (Å²) in [5, 5.41) is 53.3. The van der Waals surface area contributed by atoms with Crippen LogP contribution in [0.25, 0.3) is 0 Å². The van der Waals surface area contributed by atoms with Crippen molar-refractivity contribution in [3.05, 3.63) is 0 Å². The molecule has 1 radical (unpaired) electrons. The molecule has 0 saturated heterocycles. The second-order valence-corrected chi connectivity index (χ2v) is 5.56. The Bertz CT molecular complexity index is 498. The first-order valence-corrected chi connectivity index (χ1v) is 7.66. The topological polar surface area (TPSA) is 210 Å². The van der Waals surface area contributed by atoms with Gasteiger partial charge in [-0.2, -0.15) is 0 Å². The molecule has 0 saturated carbocycles. The largest absolute Gasteiger partial charge is 3.00 e. The van der Waals surface area contributed by atoms with Crippen LogP contribution in [0.15, 0.2) is 0 Å². The maximum Gasteiger partial charge on any atom is 3.00 e. The molecule has 0 atom stereocenters. The van der Waals surface area contributed by atoms with Crippen molar-refractivity contribution < 1.29 is 69.4 Å². The third kappa shape index (κ3) is 16.0. The van der Waals surface area contributed by atoms with Crippen molar-refractivity contribution in [2.75, 3.05) is 58.9 Å². The van der Waals surface area contributed by atoms with E-state index in [1.165, 1.54) is 4.90 Å². The molecule has 28 heavy (non-hydrogen) atoms. The molecule has 0 N–H and O–H groups in total. The molecule has 13 nitrogen and oxygen atoms in total. The Labute approximate surface area is 173 Å². The van der Waals surface area contributed by atoms with Gasteiger partial charge >= 0.3 is 19.9 Å². The Morgan fingerprint density at radius 1 is 0.464 bits per heavy atom. The Balaban J connectivity index is -0.00000113. The fraction of sp³-hybridized carbons (Fsp3) is 0.643. The molecule has 0 unspecified atom stereocenters. The van der Waals surface area contributed by atoms with E-state index in [1.807, 2.05) is 0 Å². The van der Waals surface area contributed by atoms with Crippen LogP contribution >= 0.6 is 0 Å². The Kier molecular flexibility index (Phi) is 14.7. The third-order valence-corrected chi connectivity index (χ3v) is 3.23. The number of rotatable bonds is 16. The maximum atomic E-state index is 10.8. The molecule has 0 fully saturated rings. The molecule has 159 valence electrons. The van der Waals surface area contributed by atoms with Gasteiger partial charge in [0, 0.05) is 58.9 Å². The zero-order valence-corrected chi connectivity index (χ0v) is 15.7. The molecule has 0 amide bonds. The quantitative estimate of drug-likeness (QED) is 0.201. The van der Waals surface area contributed by atoms with Gasteiger partial charge < -0.3 is 49.5 Å². The molecule has 0 aliphatic rings. The van der Waals surface area contributed by atoms with E-state index >= 15 is 0 Å². The summed E-state index contributed by atoms with van der Waals surface area (Å²) < 4.78 is 0. The van der Waals surface area contributed by atoms with E-state index in [0.29, 0.717) is 0 Å². The normalized spacial score (nSPS) is 10.7. The number of nitrogens with zero attached hydrogens (tertiary/aromatic N) is 3. The van der Waals surface area contributed by atoms with E-state index in [9.17, 15) is 49.5 Å². The minimum Gasteiger partial charge on any atom is -0.549 e. The van der Waals surface area contributed by atoms with Crippen LogP contribution in [0.3, 0.4) is 0 Å². The molecule has 0 bridgehead atoms. The predicted octanol–water partition coefficient (Wildman–Crippen LogP) is -9.14. The van der Waals surface area contributed by atoms with Crippen LogP contribution < -0.4 is 25.5 Å². The first kappa shape index (κ1) is 28.0. The van der Waals surface area contributed by atoms with Crippen LogP contribution in [0.4, 0.5) is 0 Å². The van der Waals surface area contributed by atoms with Crippen molar-refractivity contribution in [3.63, 3.8) is 0 Å². The van der Waals surface area contributed by atoms with E-state index in [0.717, 1.165) is 9.80 Å². The van der Waals surface area contributed by atoms with Gasteiger partial charge in [0.05, 0.1) is 29.8 Å². The van der Waals surface area contributed by atoms with Crippen LogP contribution in [-0.4, -0.2) is 103 Å². The van der Waals surface area contributed by atoms with Gasteiger partial charge in [0.25, 0.3) is 0 Å². The van der Waals surface area contributed by atoms with Crippen molar-refractivity contribution in [1.82, 2.24) is 14.7 Å². The first-order valence-electron chi connectivity index (χ1n) is 7.66. The summed E-state index contributed by atoms with van der Waals surface area (Å²) in [4.78, 5) is 56.4. The molecule has 0 aromatic rings. The fourth-order valence-electron chi connectivity index (χ4n) is 2.18. The Morgan fingerprint density at radius 2 is 0.643 bits per heavy atom. The number of carboxylic acid groups (broad SMARTS) is 5. The number of carbonyl (C=O) groups excluding carboxylic acids is 5. The molecule has 0 spiro atoms. The average molecular weight is 449 g/mol. The third-order valence-electron chi connectivity index (χ3n) is 3.23. The summed E-state index contributed by atoms with van der Waals surface area (Å²) in [5.41, 5.74) is 0. The van der Waals surface area contributed by atoms with Gasteiger partial charge in [0.2, 0.25) is 0 Å². The monoisotopic (exact) mass is 449 g/mol. The van der Waals surface area contributed by atoms with E-state index < -0.39 is 62.6 Å². The van der Waals surface area contributed by atoms with Gasteiger partial charge in [-0.1, -0.05) is 0 Å². The Hall–Kier alpha value is -2.25. The molecular weight excluding hydrogens is 429 g/mol. The molecule has 14 heteroatoms. The number of carbonyl (C=O) groups is 5. The molecule has 0 aliphatic carbocycles. The van der Waals surface area contributed by atoms with Gasteiger partial charge in [-0.3, -0.25) is 14.7 Å². The molecule has 0 heterocycles. The van der Waals surface area contributed by atoms with E-state index in [1.54, 1.807) is 0 Å². The summed E-state index contributed by atoms with van der Waals surface area (Å²) >= 11 is 0. The summed E-state index contributed by atoms with van der Waals surface area (Å²) in [6, 6.07) is 0. The van der Waals surface area contributed by atoms with Crippen molar-refractivity contribution in [1.29, 1.82) is 0 Å². The van der Waals surface area contributed by atoms with E-state index in [2.05, 4.69) is 0 Å². The maximum absolute atomic E-state index is 10.8. The Morgan fingerprint density at radius 3 is 0.857 bits per heavy atom.